The summed E-state index contributed by atoms with van der Waals surface area (Å²) in [5.74, 6) is -0.0204. The number of carbonyl (C=O) groups is 1. The molecular weight excluding hydrogens is 152 g/mol. The van der Waals surface area contributed by atoms with Gasteiger partial charge in [-0.2, -0.15) is 0 Å². The van der Waals surface area contributed by atoms with Gasteiger partial charge in [-0.3, -0.25) is 4.79 Å². The van der Waals surface area contributed by atoms with E-state index in [1.807, 2.05) is 20.8 Å². The summed E-state index contributed by atoms with van der Waals surface area (Å²) in [7, 11) is 0. The predicted molar refractivity (Wildman–Crippen MR) is 50.7 cm³/mol. The molecule has 0 aromatic heterocycles. The number of hydrogen-bond acceptors (Lipinski definition) is 2. The number of nitrogens with two attached hydrogens (primary N) is 1. The van der Waals surface area contributed by atoms with Crippen LogP contribution in [0.2, 0.25) is 0 Å². The number of nitrogens with one attached hydrogen (secondary N) is 1. The Kier molecular flexibility index (Phi) is 3.96. The van der Waals surface area contributed by atoms with Crippen molar-refractivity contribution >= 4 is 5.91 Å². The fourth-order valence-electron chi connectivity index (χ4n) is 0.563. The van der Waals surface area contributed by atoms with Crippen LogP contribution >= 0.6 is 0 Å². The van der Waals surface area contributed by atoms with E-state index >= 15 is 0 Å². The molecule has 3 N–H and O–H groups in total. The summed E-state index contributed by atoms with van der Waals surface area (Å²) in [4.78, 5) is 11.4. The van der Waals surface area contributed by atoms with Gasteiger partial charge in [-0.15, -0.1) is 0 Å². The highest BCUT2D eigenvalue weighted by Gasteiger charge is 2.24. The summed E-state index contributed by atoms with van der Waals surface area (Å²) in [5, 5.41) is 2.75. The molecule has 0 spiro atoms. The molecule has 0 fully saturated rings. The van der Waals surface area contributed by atoms with Crippen molar-refractivity contribution in [3.63, 3.8) is 0 Å². The zero-order chi connectivity index (χ0) is 9.78. The van der Waals surface area contributed by atoms with Crippen molar-refractivity contribution in [2.45, 2.75) is 20.8 Å². The first kappa shape index (κ1) is 11.2. The number of carbonyl (C=O) groups excluding carboxylic acids is 1. The molecule has 0 radical (unpaired) electrons. The molecule has 0 heterocycles. The Morgan fingerprint density at radius 1 is 1.58 bits per heavy atom. The Hall–Kier alpha value is -0.830. The van der Waals surface area contributed by atoms with Crippen molar-refractivity contribution in [2.75, 3.05) is 13.1 Å². The molecular formula is C9H18N2O. The minimum Gasteiger partial charge on any atom is -0.352 e. The maximum absolute atomic E-state index is 11.4. The minimum atomic E-state index is -0.477. The highest BCUT2D eigenvalue weighted by Crippen LogP contribution is 2.11. The molecule has 0 saturated heterocycles. The monoisotopic (exact) mass is 170 g/mol. The first-order valence-corrected chi connectivity index (χ1v) is 4.03. The molecule has 3 heteroatoms. The Bertz CT molecular complexity index is 185. The molecule has 0 aliphatic carbocycles. The molecule has 3 nitrogen and oxygen atoms in total. The molecule has 0 aliphatic heterocycles. The first-order valence-electron chi connectivity index (χ1n) is 4.03. The van der Waals surface area contributed by atoms with Gasteiger partial charge in [-0.1, -0.05) is 12.2 Å². The van der Waals surface area contributed by atoms with Gasteiger partial charge in [-0.25, -0.2) is 0 Å². The molecule has 0 rings (SSSR count). The molecule has 0 unspecified atom stereocenters. The van der Waals surface area contributed by atoms with Crippen molar-refractivity contribution in [1.29, 1.82) is 0 Å². The van der Waals surface area contributed by atoms with Crippen molar-refractivity contribution < 1.29 is 4.79 Å². The lowest BCUT2D eigenvalue weighted by Gasteiger charge is -2.21. The van der Waals surface area contributed by atoms with Crippen LogP contribution in [0.4, 0.5) is 0 Å². The van der Waals surface area contributed by atoms with E-state index in [1.165, 1.54) is 0 Å². The maximum atomic E-state index is 11.4. The SMILES string of the molecule is C=C(C)CNC(=O)C(C)(C)CN. The third-order valence-electron chi connectivity index (χ3n) is 1.68. The van der Waals surface area contributed by atoms with Crippen LogP contribution in [0.15, 0.2) is 12.2 Å². The largest absolute Gasteiger partial charge is 0.352 e. The third kappa shape index (κ3) is 3.53. The Morgan fingerprint density at radius 3 is 2.42 bits per heavy atom. The summed E-state index contributed by atoms with van der Waals surface area (Å²) < 4.78 is 0. The van der Waals surface area contributed by atoms with E-state index in [2.05, 4.69) is 11.9 Å². The van der Waals surface area contributed by atoms with E-state index < -0.39 is 5.41 Å². The summed E-state index contributed by atoms with van der Waals surface area (Å²) >= 11 is 0. The quantitative estimate of drug-likeness (QED) is 0.609. The van der Waals surface area contributed by atoms with Gasteiger partial charge in [0, 0.05) is 13.1 Å². The molecule has 12 heavy (non-hydrogen) atoms. The number of rotatable bonds is 4. The van der Waals surface area contributed by atoms with Gasteiger partial charge in [0.1, 0.15) is 0 Å². The average Bonchev–Trinajstić information content (AvgIpc) is 2.00. The average molecular weight is 170 g/mol. The van der Waals surface area contributed by atoms with Gasteiger partial charge in [0.15, 0.2) is 0 Å². The summed E-state index contributed by atoms with van der Waals surface area (Å²) in [6.07, 6.45) is 0. The van der Waals surface area contributed by atoms with Gasteiger partial charge >= 0.3 is 0 Å². The molecule has 0 aromatic carbocycles. The zero-order valence-electron chi connectivity index (χ0n) is 8.11. The van der Waals surface area contributed by atoms with Crippen LogP contribution in [0.1, 0.15) is 20.8 Å². The van der Waals surface area contributed by atoms with E-state index in [1.54, 1.807) is 0 Å². The molecule has 0 saturated carbocycles. The van der Waals surface area contributed by atoms with Crippen molar-refractivity contribution in [3.8, 4) is 0 Å². The normalized spacial score (nSPS) is 11.0. The molecule has 0 aromatic rings. The van der Waals surface area contributed by atoms with Crippen LogP contribution in [-0.2, 0) is 4.79 Å². The van der Waals surface area contributed by atoms with Crippen LogP contribution in [-0.4, -0.2) is 19.0 Å². The summed E-state index contributed by atoms with van der Waals surface area (Å²) in [6, 6.07) is 0. The lowest BCUT2D eigenvalue weighted by molar-refractivity contribution is -0.128. The maximum Gasteiger partial charge on any atom is 0.227 e. The van der Waals surface area contributed by atoms with Crippen LogP contribution in [0, 0.1) is 5.41 Å². The molecule has 1 amide bonds. The molecule has 0 bridgehead atoms. The molecule has 0 aliphatic rings. The van der Waals surface area contributed by atoms with Crippen molar-refractivity contribution in [2.24, 2.45) is 11.1 Å². The Morgan fingerprint density at radius 2 is 2.08 bits per heavy atom. The van der Waals surface area contributed by atoms with Gasteiger partial charge in [0.05, 0.1) is 5.41 Å². The highest BCUT2D eigenvalue weighted by atomic mass is 16.2. The fourth-order valence-corrected chi connectivity index (χ4v) is 0.563. The van der Waals surface area contributed by atoms with E-state index in [0.29, 0.717) is 13.1 Å². The lowest BCUT2D eigenvalue weighted by Crippen LogP contribution is -2.42. The van der Waals surface area contributed by atoms with Gasteiger partial charge in [-0.05, 0) is 20.8 Å². The predicted octanol–water partition coefficient (Wildman–Crippen LogP) is 0.664. The van der Waals surface area contributed by atoms with Crippen LogP contribution in [0.5, 0.6) is 0 Å². The Balaban J connectivity index is 3.96. The minimum absolute atomic E-state index is 0.0204. The van der Waals surface area contributed by atoms with Crippen molar-refractivity contribution in [3.05, 3.63) is 12.2 Å². The second kappa shape index (κ2) is 4.26. The fraction of sp³-hybridized carbons (Fsp3) is 0.667. The second-order valence-electron chi connectivity index (χ2n) is 3.73. The van der Waals surface area contributed by atoms with Crippen LogP contribution in [0.3, 0.4) is 0 Å². The topological polar surface area (TPSA) is 55.1 Å². The standard InChI is InChI=1S/C9H18N2O/c1-7(2)5-11-8(12)9(3,4)6-10/h1,5-6,10H2,2-4H3,(H,11,12). The van der Waals surface area contributed by atoms with Gasteiger partial charge in [0.2, 0.25) is 5.91 Å². The summed E-state index contributed by atoms with van der Waals surface area (Å²) in [5.41, 5.74) is 5.89. The van der Waals surface area contributed by atoms with Gasteiger partial charge < -0.3 is 11.1 Å². The van der Waals surface area contributed by atoms with Crippen LogP contribution < -0.4 is 11.1 Å². The molecule has 0 atom stereocenters. The van der Waals surface area contributed by atoms with E-state index in [0.717, 1.165) is 5.57 Å². The number of hydrogen-bond donors (Lipinski definition) is 2. The number of amides is 1. The van der Waals surface area contributed by atoms with Crippen LogP contribution in [0.25, 0.3) is 0 Å². The molecule has 70 valence electrons. The third-order valence-corrected chi connectivity index (χ3v) is 1.68. The van der Waals surface area contributed by atoms with E-state index in [9.17, 15) is 4.79 Å². The van der Waals surface area contributed by atoms with Gasteiger partial charge in [0.25, 0.3) is 0 Å². The van der Waals surface area contributed by atoms with E-state index in [4.69, 9.17) is 5.73 Å². The first-order chi connectivity index (χ1) is 5.40. The second-order valence-corrected chi connectivity index (χ2v) is 3.73. The van der Waals surface area contributed by atoms with E-state index in [-0.39, 0.29) is 5.91 Å². The highest BCUT2D eigenvalue weighted by molar-refractivity contribution is 5.82. The van der Waals surface area contributed by atoms with Crippen molar-refractivity contribution in [1.82, 2.24) is 5.32 Å². The zero-order valence-corrected chi connectivity index (χ0v) is 8.11. The lowest BCUT2D eigenvalue weighted by atomic mass is 9.93. The smallest absolute Gasteiger partial charge is 0.227 e. The summed E-state index contributed by atoms with van der Waals surface area (Å²) in [6.45, 7) is 10.1. The Labute approximate surface area is 74.0 Å².